The molecule has 128 valence electrons. The largest absolute Gasteiger partial charge is 0.468 e. The lowest BCUT2D eigenvalue weighted by Crippen LogP contribution is -2.31. The first-order chi connectivity index (χ1) is 11.3. The Bertz CT molecular complexity index is 663. The fraction of sp³-hybridized carbons (Fsp3) is 0.267. The number of halogens is 3. The van der Waals surface area contributed by atoms with E-state index >= 15 is 0 Å². The molecule has 2 aromatic rings. The Kier molecular flexibility index (Phi) is 5.56. The van der Waals surface area contributed by atoms with Gasteiger partial charge in [-0.2, -0.15) is 13.2 Å². The molecular weight excluding hydrogens is 325 g/mol. The number of hydrogen-bond donors (Lipinski definition) is 2. The van der Waals surface area contributed by atoms with E-state index in [1.54, 1.807) is 31.5 Å². The number of urea groups is 1. The molecule has 0 radical (unpaired) electrons. The van der Waals surface area contributed by atoms with Crippen LogP contribution in [-0.2, 0) is 0 Å². The van der Waals surface area contributed by atoms with Gasteiger partial charge in [-0.25, -0.2) is 9.78 Å². The summed E-state index contributed by atoms with van der Waals surface area (Å²) in [7, 11) is 0. The average molecular weight is 340 g/mol. The van der Waals surface area contributed by atoms with E-state index in [1.165, 1.54) is 18.3 Å². The normalized spacial score (nSPS) is 12.3. The topological polar surface area (TPSA) is 76.1 Å². The third-order valence-corrected chi connectivity index (χ3v) is 2.93. The summed E-state index contributed by atoms with van der Waals surface area (Å²) in [5, 5.41) is 5.25. The lowest BCUT2D eigenvalue weighted by molar-refractivity contribution is -0.154. The van der Waals surface area contributed by atoms with Crippen molar-refractivity contribution in [3.63, 3.8) is 0 Å². The maximum absolute atomic E-state index is 12.0. The molecule has 0 aliphatic carbocycles. The van der Waals surface area contributed by atoms with Gasteiger partial charge in [-0.1, -0.05) is 0 Å². The van der Waals surface area contributed by atoms with Crippen LogP contribution in [0.25, 0.3) is 0 Å². The number of ether oxygens (including phenoxy) is 1. The van der Waals surface area contributed by atoms with Crippen LogP contribution in [0, 0.1) is 0 Å². The molecule has 0 saturated carbocycles. The Morgan fingerprint density at radius 1 is 1.25 bits per heavy atom. The van der Waals surface area contributed by atoms with Crippen LogP contribution in [0.1, 0.15) is 18.5 Å². The second-order valence-corrected chi connectivity index (χ2v) is 4.89. The first kappa shape index (κ1) is 17.5. The molecule has 24 heavy (non-hydrogen) atoms. The van der Waals surface area contributed by atoms with E-state index < -0.39 is 18.8 Å². The molecule has 0 spiro atoms. The van der Waals surface area contributed by atoms with E-state index in [1.807, 2.05) is 0 Å². The molecule has 2 rings (SSSR count). The van der Waals surface area contributed by atoms with Crippen LogP contribution >= 0.6 is 0 Å². The highest BCUT2D eigenvalue weighted by Crippen LogP contribution is 2.18. The molecule has 2 aromatic heterocycles. The molecule has 0 aromatic carbocycles. The highest BCUT2D eigenvalue weighted by molar-refractivity contribution is 5.89. The number of anilines is 1. The number of rotatable bonds is 5. The van der Waals surface area contributed by atoms with Crippen LogP contribution in [-0.4, -0.2) is 28.8 Å². The number of hydrogen-bond acceptors (Lipinski definition) is 4. The minimum atomic E-state index is -4.43. The molecule has 0 bridgehead atoms. The van der Waals surface area contributed by atoms with E-state index in [0.717, 1.165) is 5.56 Å². The van der Waals surface area contributed by atoms with Crippen molar-refractivity contribution in [2.45, 2.75) is 19.1 Å². The van der Waals surface area contributed by atoms with Gasteiger partial charge in [0, 0.05) is 18.5 Å². The minimum absolute atomic E-state index is 0.177. The number of aromatic nitrogens is 2. The van der Waals surface area contributed by atoms with Crippen molar-refractivity contribution in [3.05, 3.63) is 48.4 Å². The van der Waals surface area contributed by atoms with Gasteiger partial charge in [0.15, 0.2) is 6.61 Å². The van der Waals surface area contributed by atoms with Gasteiger partial charge in [0.1, 0.15) is 0 Å². The standard InChI is InChI=1S/C15H15F3N4O2/c1-10(11-4-6-19-7-5-11)21-14(23)22-12-2-3-13(20-8-12)24-9-15(16,17)18/h2-8,10H,9H2,1H3,(H2,21,22,23). The van der Waals surface area contributed by atoms with Crippen molar-refractivity contribution < 1.29 is 22.7 Å². The number of amides is 2. The van der Waals surface area contributed by atoms with E-state index in [4.69, 9.17) is 0 Å². The molecule has 2 heterocycles. The molecule has 2 amide bonds. The molecule has 1 unspecified atom stereocenters. The van der Waals surface area contributed by atoms with Crippen LogP contribution in [0.3, 0.4) is 0 Å². The summed E-state index contributed by atoms with van der Waals surface area (Å²) in [6, 6.07) is 5.49. The van der Waals surface area contributed by atoms with Gasteiger partial charge in [-0.15, -0.1) is 0 Å². The molecule has 1 atom stereocenters. The monoisotopic (exact) mass is 340 g/mol. The maximum atomic E-state index is 12.0. The van der Waals surface area contributed by atoms with E-state index in [-0.39, 0.29) is 11.9 Å². The Balaban J connectivity index is 1.85. The lowest BCUT2D eigenvalue weighted by Gasteiger charge is -2.15. The maximum Gasteiger partial charge on any atom is 0.422 e. The first-order valence-corrected chi connectivity index (χ1v) is 6.96. The van der Waals surface area contributed by atoms with Crippen molar-refractivity contribution in [2.75, 3.05) is 11.9 Å². The van der Waals surface area contributed by atoms with Gasteiger partial charge in [-0.05, 0) is 30.7 Å². The molecule has 0 aliphatic heterocycles. The van der Waals surface area contributed by atoms with Gasteiger partial charge in [0.05, 0.1) is 17.9 Å². The fourth-order valence-corrected chi connectivity index (χ4v) is 1.79. The van der Waals surface area contributed by atoms with E-state index in [0.29, 0.717) is 5.69 Å². The predicted molar refractivity (Wildman–Crippen MR) is 80.6 cm³/mol. The second kappa shape index (κ2) is 7.62. The van der Waals surface area contributed by atoms with Crippen molar-refractivity contribution in [1.29, 1.82) is 0 Å². The van der Waals surface area contributed by atoms with Gasteiger partial charge in [0.25, 0.3) is 0 Å². The van der Waals surface area contributed by atoms with Crippen molar-refractivity contribution >= 4 is 11.7 Å². The van der Waals surface area contributed by atoms with Crippen LogP contribution < -0.4 is 15.4 Å². The SMILES string of the molecule is CC(NC(=O)Nc1ccc(OCC(F)(F)F)nc1)c1ccncc1. The van der Waals surface area contributed by atoms with Crippen LogP contribution in [0.5, 0.6) is 5.88 Å². The van der Waals surface area contributed by atoms with E-state index in [2.05, 4.69) is 25.3 Å². The zero-order chi connectivity index (χ0) is 17.6. The van der Waals surface area contributed by atoms with Gasteiger partial charge >= 0.3 is 12.2 Å². The highest BCUT2D eigenvalue weighted by atomic mass is 19.4. The second-order valence-electron chi connectivity index (χ2n) is 4.89. The van der Waals surface area contributed by atoms with Crippen LogP contribution in [0.4, 0.5) is 23.7 Å². The molecule has 0 fully saturated rings. The zero-order valence-corrected chi connectivity index (χ0v) is 12.7. The van der Waals surface area contributed by atoms with Gasteiger partial charge in [-0.3, -0.25) is 4.98 Å². The number of alkyl halides is 3. The first-order valence-electron chi connectivity index (χ1n) is 6.96. The van der Waals surface area contributed by atoms with Crippen molar-refractivity contribution in [1.82, 2.24) is 15.3 Å². The molecule has 6 nitrogen and oxygen atoms in total. The quantitative estimate of drug-likeness (QED) is 0.876. The zero-order valence-electron chi connectivity index (χ0n) is 12.7. The highest BCUT2D eigenvalue weighted by Gasteiger charge is 2.28. The van der Waals surface area contributed by atoms with E-state index in [9.17, 15) is 18.0 Å². The summed E-state index contributed by atoms with van der Waals surface area (Å²) in [6.07, 6.45) is 0.0218. The summed E-state index contributed by atoms with van der Waals surface area (Å²) < 4.78 is 40.6. The van der Waals surface area contributed by atoms with Crippen molar-refractivity contribution in [3.8, 4) is 5.88 Å². The summed E-state index contributed by atoms with van der Waals surface area (Å²) >= 11 is 0. The van der Waals surface area contributed by atoms with Crippen molar-refractivity contribution in [2.24, 2.45) is 0 Å². The molecule has 2 N–H and O–H groups in total. The Morgan fingerprint density at radius 2 is 1.96 bits per heavy atom. The fourth-order valence-electron chi connectivity index (χ4n) is 1.79. The summed E-state index contributed by atoms with van der Waals surface area (Å²) in [5.74, 6) is -0.177. The van der Waals surface area contributed by atoms with Gasteiger partial charge < -0.3 is 15.4 Å². The summed E-state index contributed by atoms with van der Waals surface area (Å²) in [6.45, 7) is 0.387. The summed E-state index contributed by atoms with van der Waals surface area (Å²) in [5.41, 5.74) is 1.21. The predicted octanol–water partition coefficient (Wildman–Crippen LogP) is 3.30. The van der Waals surface area contributed by atoms with Crippen LogP contribution in [0.2, 0.25) is 0 Å². The average Bonchev–Trinajstić information content (AvgIpc) is 2.54. The number of carbonyl (C=O) groups excluding carboxylic acids is 1. The lowest BCUT2D eigenvalue weighted by atomic mass is 10.1. The third kappa shape index (κ3) is 5.75. The smallest absolute Gasteiger partial charge is 0.422 e. The minimum Gasteiger partial charge on any atom is -0.468 e. The number of carbonyl (C=O) groups is 1. The molecule has 0 saturated heterocycles. The molecular formula is C15H15F3N4O2. The summed E-state index contributed by atoms with van der Waals surface area (Å²) in [4.78, 5) is 19.5. The number of nitrogens with one attached hydrogen (secondary N) is 2. The molecule has 9 heteroatoms. The number of nitrogens with zero attached hydrogens (tertiary/aromatic N) is 2. The van der Waals surface area contributed by atoms with Crippen LogP contribution in [0.15, 0.2) is 42.9 Å². The molecule has 0 aliphatic rings. The Labute approximate surface area is 136 Å². The third-order valence-electron chi connectivity index (χ3n) is 2.93. The Morgan fingerprint density at radius 3 is 2.54 bits per heavy atom. The Hall–Kier alpha value is -2.84. The van der Waals surface area contributed by atoms with Gasteiger partial charge in [0.2, 0.25) is 5.88 Å². The number of pyridine rings is 2.